The molecule has 2 amide bonds. The number of likely N-dealkylation sites (tertiary alicyclic amines) is 2. The van der Waals surface area contributed by atoms with Gasteiger partial charge in [0.25, 0.3) is 5.91 Å². The number of rotatable bonds is 4. The minimum absolute atomic E-state index is 0.0761. The van der Waals surface area contributed by atoms with Crippen LogP contribution in [0.25, 0.3) is 0 Å². The second-order valence-corrected chi connectivity index (χ2v) is 8.53. The van der Waals surface area contributed by atoms with E-state index in [1.165, 1.54) is 32.1 Å². The molecule has 5 nitrogen and oxygen atoms in total. The quantitative estimate of drug-likeness (QED) is 0.816. The van der Waals surface area contributed by atoms with Gasteiger partial charge in [-0.1, -0.05) is 32.1 Å². The van der Waals surface area contributed by atoms with Gasteiger partial charge in [-0.25, -0.2) is 0 Å². The van der Waals surface area contributed by atoms with Crippen molar-refractivity contribution in [2.24, 2.45) is 11.8 Å². The van der Waals surface area contributed by atoms with Gasteiger partial charge in [0.15, 0.2) is 0 Å². The molecule has 0 bridgehead atoms. The number of carbonyl (C=O) groups is 2. The molecule has 27 heavy (non-hydrogen) atoms. The summed E-state index contributed by atoms with van der Waals surface area (Å²) in [5.41, 5.74) is 0.664. The van der Waals surface area contributed by atoms with E-state index >= 15 is 0 Å². The summed E-state index contributed by atoms with van der Waals surface area (Å²) < 4.78 is 0. The molecule has 0 aromatic carbocycles. The highest BCUT2D eigenvalue weighted by molar-refractivity contribution is 5.94. The van der Waals surface area contributed by atoms with Crippen molar-refractivity contribution in [3.05, 3.63) is 30.1 Å². The SMILES string of the molecule is O=C(c1cccnc1)N1CC[C@H]2[C@H](CCC(=O)N2CCC2CCCCC2)C1. The van der Waals surface area contributed by atoms with Gasteiger partial charge in [0, 0.05) is 44.5 Å². The Labute approximate surface area is 162 Å². The van der Waals surface area contributed by atoms with E-state index in [4.69, 9.17) is 0 Å². The van der Waals surface area contributed by atoms with E-state index in [2.05, 4.69) is 9.88 Å². The smallest absolute Gasteiger partial charge is 0.255 e. The van der Waals surface area contributed by atoms with Crippen molar-refractivity contribution in [1.29, 1.82) is 0 Å². The lowest BCUT2D eigenvalue weighted by Gasteiger charge is -2.47. The fraction of sp³-hybridized carbons (Fsp3) is 0.682. The van der Waals surface area contributed by atoms with E-state index in [0.717, 1.165) is 44.8 Å². The number of nitrogens with zero attached hydrogens (tertiary/aromatic N) is 3. The van der Waals surface area contributed by atoms with Gasteiger partial charge in [-0.3, -0.25) is 14.6 Å². The Bertz CT molecular complexity index is 657. The number of aromatic nitrogens is 1. The van der Waals surface area contributed by atoms with Gasteiger partial charge in [-0.05, 0) is 43.2 Å². The van der Waals surface area contributed by atoms with Gasteiger partial charge < -0.3 is 9.80 Å². The third-order valence-electron chi connectivity index (χ3n) is 6.84. The molecule has 0 spiro atoms. The Hall–Kier alpha value is -1.91. The van der Waals surface area contributed by atoms with Crippen molar-refractivity contribution in [2.75, 3.05) is 19.6 Å². The Morgan fingerprint density at radius 3 is 2.78 bits per heavy atom. The van der Waals surface area contributed by atoms with Crippen LogP contribution in [0.5, 0.6) is 0 Å². The average molecular weight is 370 g/mol. The van der Waals surface area contributed by atoms with Crippen LogP contribution in [0.3, 0.4) is 0 Å². The lowest BCUT2D eigenvalue weighted by Crippen LogP contribution is -2.57. The third-order valence-corrected chi connectivity index (χ3v) is 6.84. The number of piperidine rings is 2. The van der Waals surface area contributed by atoms with Crippen molar-refractivity contribution in [3.8, 4) is 0 Å². The topological polar surface area (TPSA) is 53.5 Å². The second-order valence-electron chi connectivity index (χ2n) is 8.53. The summed E-state index contributed by atoms with van der Waals surface area (Å²) in [5.74, 6) is 1.63. The zero-order valence-electron chi connectivity index (χ0n) is 16.2. The molecule has 2 atom stereocenters. The summed E-state index contributed by atoms with van der Waals surface area (Å²) in [6.07, 6.45) is 13.7. The molecule has 0 unspecified atom stereocenters. The zero-order valence-corrected chi connectivity index (χ0v) is 16.2. The summed E-state index contributed by atoms with van der Waals surface area (Å²) in [6.45, 7) is 2.43. The lowest BCUT2D eigenvalue weighted by molar-refractivity contribution is -0.140. The summed E-state index contributed by atoms with van der Waals surface area (Å²) in [7, 11) is 0. The summed E-state index contributed by atoms with van der Waals surface area (Å²) >= 11 is 0. The number of fused-ring (bicyclic) bond motifs is 1. The van der Waals surface area contributed by atoms with Crippen LogP contribution in [0.15, 0.2) is 24.5 Å². The fourth-order valence-corrected chi connectivity index (χ4v) is 5.30. The van der Waals surface area contributed by atoms with Crippen LogP contribution in [-0.2, 0) is 4.79 Å². The predicted molar refractivity (Wildman–Crippen MR) is 104 cm³/mol. The van der Waals surface area contributed by atoms with E-state index in [-0.39, 0.29) is 5.91 Å². The molecule has 5 heteroatoms. The summed E-state index contributed by atoms with van der Waals surface area (Å²) in [6, 6.07) is 3.97. The maximum atomic E-state index is 12.8. The summed E-state index contributed by atoms with van der Waals surface area (Å²) in [4.78, 5) is 33.6. The largest absolute Gasteiger partial charge is 0.339 e. The molecular formula is C22H31N3O2. The van der Waals surface area contributed by atoms with Crippen LogP contribution in [0, 0.1) is 11.8 Å². The number of amides is 2. The van der Waals surface area contributed by atoms with E-state index in [1.807, 2.05) is 17.0 Å². The fourth-order valence-electron chi connectivity index (χ4n) is 5.30. The Kier molecular flexibility index (Phi) is 5.74. The number of hydrogen-bond acceptors (Lipinski definition) is 3. The molecule has 3 aliphatic rings. The highest BCUT2D eigenvalue weighted by Gasteiger charge is 2.40. The maximum absolute atomic E-state index is 12.8. The van der Waals surface area contributed by atoms with Crippen LogP contribution in [0.2, 0.25) is 0 Å². The molecular weight excluding hydrogens is 338 g/mol. The van der Waals surface area contributed by atoms with Crippen molar-refractivity contribution < 1.29 is 9.59 Å². The Balaban J connectivity index is 1.37. The molecule has 1 aliphatic carbocycles. The standard InChI is InChI=1S/C22H31N3O2/c26-21-9-8-19-16-24(22(27)18-7-4-12-23-15-18)13-11-20(19)25(21)14-10-17-5-2-1-3-6-17/h4,7,12,15,17,19-20H,1-3,5-6,8-11,13-14,16H2/t19-,20+/m1/s1. The van der Waals surface area contributed by atoms with Crippen molar-refractivity contribution in [2.45, 2.75) is 63.8 Å². The van der Waals surface area contributed by atoms with Crippen LogP contribution < -0.4 is 0 Å². The first-order valence-electron chi connectivity index (χ1n) is 10.7. The van der Waals surface area contributed by atoms with Crippen molar-refractivity contribution >= 4 is 11.8 Å². The van der Waals surface area contributed by atoms with Crippen LogP contribution in [-0.4, -0.2) is 52.3 Å². The van der Waals surface area contributed by atoms with Crippen LogP contribution in [0.1, 0.15) is 68.1 Å². The molecule has 1 aromatic rings. The van der Waals surface area contributed by atoms with E-state index < -0.39 is 0 Å². The Morgan fingerprint density at radius 1 is 1.15 bits per heavy atom. The monoisotopic (exact) mass is 369 g/mol. The molecule has 146 valence electrons. The van der Waals surface area contributed by atoms with E-state index in [0.29, 0.717) is 29.9 Å². The number of carbonyl (C=O) groups excluding carboxylic acids is 2. The molecule has 1 saturated carbocycles. The second kappa shape index (κ2) is 8.41. The zero-order chi connectivity index (χ0) is 18.6. The first kappa shape index (κ1) is 18.5. The molecule has 3 heterocycles. The molecule has 0 N–H and O–H groups in total. The molecule has 3 fully saturated rings. The minimum atomic E-state index is 0.0761. The lowest BCUT2D eigenvalue weighted by atomic mass is 9.82. The molecule has 0 radical (unpaired) electrons. The normalized spacial score (nSPS) is 26.7. The summed E-state index contributed by atoms with van der Waals surface area (Å²) in [5, 5.41) is 0. The van der Waals surface area contributed by atoms with Crippen LogP contribution in [0.4, 0.5) is 0 Å². The third kappa shape index (κ3) is 4.17. The van der Waals surface area contributed by atoms with Gasteiger partial charge in [0.1, 0.15) is 0 Å². The van der Waals surface area contributed by atoms with E-state index in [1.54, 1.807) is 12.4 Å². The number of hydrogen-bond donors (Lipinski definition) is 0. The molecule has 4 rings (SSSR count). The average Bonchev–Trinajstić information content (AvgIpc) is 2.73. The van der Waals surface area contributed by atoms with E-state index in [9.17, 15) is 9.59 Å². The van der Waals surface area contributed by atoms with Gasteiger partial charge in [0.2, 0.25) is 5.91 Å². The number of pyridine rings is 1. The molecule has 2 aliphatic heterocycles. The van der Waals surface area contributed by atoms with Crippen molar-refractivity contribution in [1.82, 2.24) is 14.8 Å². The first-order chi connectivity index (χ1) is 13.2. The van der Waals surface area contributed by atoms with Crippen LogP contribution >= 0.6 is 0 Å². The highest BCUT2D eigenvalue weighted by Crippen LogP contribution is 2.33. The van der Waals surface area contributed by atoms with Gasteiger partial charge >= 0.3 is 0 Å². The predicted octanol–water partition coefficient (Wildman–Crippen LogP) is 3.51. The highest BCUT2D eigenvalue weighted by atomic mass is 16.2. The molecule has 1 aromatic heterocycles. The van der Waals surface area contributed by atoms with Gasteiger partial charge in [-0.15, -0.1) is 0 Å². The van der Waals surface area contributed by atoms with Gasteiger partial charge in [0.05, 0.1) is 5.56 Å². The first-order valence-corrected chi connectivity index (χ1v) is 10.7. The minimum Gasteiger partial charge on any atom is -0.339 e. The van der Waals surface area contributed by atoms with Gasteiger partial charge in [-0.2, -0.15) is 0 Å². The Morgan fingerprint density at radius 2 is 2.00 bits per heavy atom. The van der Waals surface area contributed by atoms with Crippen molar-refractivity contribution in [3.63, 3.8) is 0 Å². The maximum Gasteiger partial charge on any atom is 0.255 e. The molecule has 2 saturated heterocycles.